The molecule has 0 saturated carbocycles. The highest BCUT2D eigenvalue weighted by atomic mass is 16.5. The van der Waals surface area contributed by atoms with Gasteiger partial charge in [0.2, 0.25) is 5.75 Å². The molecule has 0 aliphatic heterocycles. The van der Waals surface area contributed by atoms with Gasteiger partial charge >= 0.3 is 0 Å². The van der Waals surface area contributed by atoms with Crippen molar-refractivity contribution in [1.82, 2.24) is 14.5 Å². The van der Waals surface area contributed by atoms with Crippen LogP contribution in [-0.2, 0) is 13.6 Å². The summed E-state index contributed by atoms with van der Waals surface area (Å²) in [6.07, 6.45) is 3.52. The average Bonchev–Trinajstić information content (AvgIpc) is 3.00. The Morgan fingerprint density at radius 1 is 1.04 bits per heavy atom. The number of hydrogen-bond acceptors (Lipinski definition) is 6. The number of nitrogens with one attached hydrogen (secondary N) is 1. The van der Waals surface area contributed by atoms with E-state index >= 15 is 0 Å². The SMILES string of the molecule is COc1cc(CNc2ncnc3c2ccn3C)cc(OC)c1OC. The van der Waals surface area contributed by atoms with Crippen LogP contribution in [0.25, 0.3) is 11.0 Å². The third-order valence-electron chi connectivity index (χ3n) is 3.85. The van der Waals surface area contributed by atoms with Crippen molar-refractivity contribution in [2.24, 2.45) is 7.05 Å². The molecule has 0 bridgehead atoms. The molecule has 24 heavy (non-hydrogen) atoms. The van der Waals surface area contributed by atoms with Gasteiger partial charge in [0.15, 0.2) is 11.5 Å². The van der Waals surface area contributed by atoms with Crippen LogP contribution in [0.3, 0.4) is 0 Å². The predicted octanol–water partition coefficient (Wildman–Crippen LogP) is 2.61. The van der Waals surface area contributed by atoms with E-state index < -0.39 is 0 Å². The Bertz CT molecular complexity index is 835. The number of hydrogen-bond donors (Lipinski definition) is 1. The zero-order valence-electron chi connectivity index (χ0n) is 14.2. The Morgan fingerprint density at radius 3 is 2.38 bits per heavy atom. The molecule has 0 aliphatic rings. The van der Waals surface area contributed by atoms with Gasteiger partial charge in [-0.2, -0.15) is 0 Å². The van der Waals surface area contributed by atoms with Gasteiger partial charge in [-0.05, 0) is 23.8 Å². The average molecular weight is 328 g/mol. The topological polar surface area (TPSA) is 70.4 Å². The summed E-state index contributed by atoms with van der Waals surface area (Å²) < 4.78 is 18.1. The van der Waals surface area contributed by atoms with Crippen LogP contribution in [0.4, 0.5) is 5.82 Å². The van der Waals surface area contributed by atoms with Gasteiger partial charge in [-0.15, -0.1) is 0 Å². The summed E-state index contributed by atoms with van der Waals surface area (Å²) in [7, 11) is 6.75. The minimum Gasteiger partial charge on any atom is -0.493 e. The normalized spacial score (nSPS) is 10.7. The molecule has 0 fully saturated rings. The maximum atomic E-state index is 5.38. The zero-order valence-corrected chi connectivity index (χ0v) is 14.2. The summed E-state index contributed by atoms with van der Waals surface area (Å²) in [6.45, 7) is 0.567. The van der Waals surface area contributed by atoms with Crippen molar-refractivity contribution in [3.8, 4) is 17.2 Å². The minimum absolute atomic E-state index is 0.567. The number of aromatic nitrogens is 3. The third kappa shape index (κ3) is 2.80. The number of aryl methyl sites for hydroxylation is 1. The standard InChI is InChI=1S/C17H20N4O3/c1-21-6-5-12-16(19-10-20-17(12)21)18-9-11-7-13(22-2)15(24-4)14(8-11)23-3/h5-8,10H,9H2,1-4H3,(H,18,19,20). The van der Waals surface area contributed by atoms with Crippen molar-refractivity contribution >= 4 is 16.9 Å². The van der Waals surface area contributed by atoms with E-state index in [1.807, 2.05) is 36.0 Å². The summed E-state index contributed by atoms with van der Waals surface area (Å²) in [5.74, 6) is 2.62. The zero-order chi connectivity index (χ0) is 17.1. The highest BCUT2D eigenvalue weighted by Crippen LogP contribution is 2.38. The van der Waals surface area contributed by atoms with E-state index in [-0.39, 0.29) is 0 Å². The molecule has 2 heterocycles. The van der Waals surface area contributed by atoms with Crippen molar-refractivity contribution in [3.05, 3.63) is 36.3 Å². The molecule has 0 unspecified atom stereocenters. The fraction of sp³-hybridized carbons (Fsp3) is 0.294. The first-order chi connectivity index (χ1) is 11.7. The van der Waals surface area contributed by atoms with E-state index in [0.29, 0.717) is 23.8 Å². The highest BCUT2D eigenvalue weighted by molar-refractivity contribution is 5.87. The summed E-state index contributed by atoms with van der Waals surface area (Å²) in [6, 6.07) is 5.82. The van der Waals surface area contributed by atoms with Crippen LogP contribution in [0.15, 0.2) is 30.7 Å². The second-order valence-corrected chi connectivity index (χ2v) is 5.27. The molecule has 2 aromatic heterocycles. The summed E-state index contributed by atoms with van der Waals surface area (Å²) in [5.41, 5.74) is 1.88. The highest BCUT2D eigenvalue weighted by Gasteiger charge is 2.13. The van der Waals surface area contributed by atoms with Crippen molar-refractivity contribution in [2.45, 2.75) is 6.54 Å². The van der Waals surface area contributed by atoms with Gasteiger partial charge in [-0.25, -0.2) is 9.97 Å². The first kappa shape index (κ1) is 15.9. The van der Waals surface area contributed by atoms with E-state index in [2.05, 4.69) is 15.3 Å². The molecule has 0 spiro atoms. The lowest BCUT2D eigenvalue weighted by Gasteiger charge is -2.14. The lowest BCUT2D eigenvalue weighted by atomic mass is 10.1. The summed E-state index contributed by atoms with van der Waals surface area (Å²) in [5, 5.41) is 4.32. The Kier molecular flexibility index (Phi) is 4.41. The van der Waals surface area contributed by atoms with Gasteiger partial charge in [0.25, 0.3) is 0 Å². The molecule has 1 N–H and O–H groups in total. The van der Waals surface area contributed by atoms with Gasteiger partial charge in [0.1, 0.15) is 17.8 Å². The molecule has 0 amide bonds. The number of rotatable bonds is 6. The van der Waals surface area contributed by atoms with Gasteiger partial charge in [-0.3, -0.25) is 0 Å². The Labute approximate surface area is 140 Å². The Balaban J connectivity index is 1.88. The molecule has 7 heteroatoms. The number of fused-ring (bicyclic) bond motifs is 1. The number of anilines is 1. The van der Waals surface area contributed by atoms with Crippen LogP contribution in [0, 0.1) is 0 Å². The van der Waals surface area contributed by atoms with E-state index in [0.717, 1.165) is 22.4 Å². The maximum Gasteiger partial charge on any atom is 0.203 e. The lowest BCUT2D eigenvalue weighted by molar-refractivity contribution is 0.324. The van der Waals surface area contributed by atoms with Gasteiger partial charge in [-0.1, -0.05) is 0 Å². The first-order valence-electron chi connectivity index (χ1n) is 7.46. The van der Waals surface area contributed by atoms with Crippen LogP contribution in [0.5, 0.6) is 17.2 Å². The van der Waals surface area contributed by atoms with Crippen molar-refractivity contribution < 1.29 is 14.2 Å². The van der Waals surface area contributed by atoms with Crippen LogP contribution in [0.1, 0.15) is 5.56 Å². The first-order valence-corrected chi connectivity index (χ1v) is 7.46. The van der Waals surface area contributed by atoms with Gasteiger partial charge < -0.3 is 24.1 Å². The lowest BCUT2D eigenvalue weighted by Crippen LogP contribution is -2.04. The molecule has 0 atom stereocenters. The monoisotopic (exact) mass is 328 g/mol. The number of nitrogens with zero attached hydrogens (tertiary/aromatic N) is 3. The van der Waals surface area contributed by atoms with Crippen LogP contribution in [0.2, 0.25) is 0 Å². The fourth-order valence-electron chi connectivity index (χ4n) is 2.64. The van der Waals surface area contributed by atoms with E-state index in [1.54, 1.807) is 27.7 Å². The number of benzene rings is 1. The molecule has 0 saturated heterocycles. The van der Waals surface area contributed by atoms with Crippen molar-refractivity contribution in [3.63, 3.8) is 0 Å². The molecule has 3 aromatic rings. The quantitative estimate of drug-likeness (QED) is 0.750. The largest absolute Gasteiger partial charge is 0.493 e. The molecule has 0 radical (unpaired) electrons. The van der Waals surface area contributed by atoms with E-state index in [9.17, 15) is 0 Å². The van der Waals surface area contributed by atoms with Gasteiger partial charge in [0.05, 0.1) is 26.7 Å². The second-order valence-electron chi connectivity index (χ2n) is 5.27. The molecular formula is C17H20N4O3. The summed E-state index contributed by atoms with van der Waals surface area (Å²) in [4.78, 5) is 8.62. The smallest absolute Gasteiger partial charge is 0.203 e. The molecule has 1 aromatic carbocycles. The van der Waals surface area contributed by atoms with Crippen LogP contribution >= 0.6 is 0 Å². The molecule has 0 aliphatic carbocycles. The maximum absolute atomic E-state index is 5.38. The molecular weight excluding hydrogens is 308 g/mol. The number of methoxy groups -OCH3 is 3. The van der Waals surface area contributed by atoms with E-state index in [1.165, 1.54) is 0 Å². The Morgan fingerprint density at radius 2 is 1.75 bits per heavy atom. The predicted molar refractivity (Wildman–Crippen MR) is 91.9 cm³/mol. The summed E-state index contributed by atoms with van der Waals surface area (Å²) >= 11 is 0. The molecule has 7 nitrogen and oxygen atoms in total. The van der Waals surface area contributed by atoms with Crippen LogP contribution < -0.4 is 19.5 Å². The fourth-order valence-corrected chi connectivity index (χ4v) is 2.64. The van der Waals surface area contributed by atoms with Crippen molar-refractivity contribution in [1.29, 1.82) is 0 Å². The second kappa shape index (κ2) is 6.66. The van der Waals surface area contributed by atoms with E-state index in [4.69, 9.17) is 14.2 Å². The Hall–Kier alpha value is -2.96. The van der Waals surface area contributed by atoms with Gasteiger partial charge in [0, 0.05) is 19.8 Å². The molecule has 3 rings (SSSR count). The number of ether oxygens (including phenoxy) is 3. The molecule has 126 valence electrons. The van der Waals surface area contributed by atoms with Crippen molar-refractivity contribution in [2.75, 3.05) is 26.6 Å². The third-order valence-corrected chi connectivity index (χ3v) is 3.85. The minimum atomic E-state index is 0.567. The van der Waals surface area contributed by atoms with Crippen LogP contribution in [-0.4, -0.2) is 35.9 Å².